The summed E-state index contributed by atoms with van der Waals surface area (Å²) < 4.78 is 3.97. The van der Waals surface area contributed by atoms with Gasteiger partial charge >= 0.3 is 5.82 Å². The van der Waals surface area contributed by atoms with Gasteiger partial charge in [0.25, 0.3) is 0 Å². The van der Waals surface area contributed by atoms with Gasteiger partial charge in [0.2, 0.25) is 12.1 Å². The highest BCUT2D eigenvalue weighted by molar-refractivity contribution is 5.56. The van der Waals surface area contributed by atoms with Crippen molar-refractivity contribution in [2.45, 2.75) is 51.1 Å². The van der Waals surface area contributed by atoms with Crippen molar-refractivity contribution in [3.05, 3.63) is 28.1 Å². The smallest absolute Gasteiger partial charge is 0.358 e. The molecule has 0 spiro atoms. The van der Waals surface area contributed by atoms with Gasteiger partial charge in [0.05, 0.1) is 6.04 Å². The van der Waals surface area contributed by atoms with Crippen LogP contribution < -0.4 is 4.90 Å². The van der Waals surface area contributed by atoms with E-state index in [0.29, 0.717) is 5.82 Å². The van der Waals surface area contributed by atoms with E-state index in [2.05, 4.69) is 24.6 Å². The van der Waals surface area contributed by atoms with E-state index in [1.807, 2.05) is 0 Å². The molecule has 4 rings (SSSR count). The maximum Gasteiger partial charge on any atom is 0.406 e. The number of aromatic nitrogens is 5. The van der Waals surface area contributed by atoms with Crippen LogP contribution in [0.25, 0.3) is 0 Å². The Morgan fingerprint density at radius 1 is 1.21 bits per heavy atom. The summed E-state index contributed by atoms with van der Waals surface area (Å²) >= 11 is 0. The van der Waals surface area contributed by atoms with Crippen LogP contribution in [0.5, 0.6) is 0 Å². The second-order valence-corrected chi connectivity index (χ2v) is 6.55. The number of hydrogen-bond acceptors (Lipinski definition) is 6. The molecule has 2 aromatic rings. The molecule has 128 valence electrons. The maximum atomic E-state index is 11.3. The van der Waals surface area contributed by atoms with Crippen LogP contribution in [-0.4, -0.2) is 35.8 Å². The van der Waals surface area contributed by atoms with Crippen molar-refractivity contribution in [2.75, 3.05) is 11.4 Å². The van der Waals surface area contributed by atoms with E-state index in [1.54, 1.807) is 11.6 Å². The molecule has 1 fully saturated rings. The molecule has 2 aliphatic rings. The molecule has 4 heterocycles. The fraction of sp³-hybridized carbons (Fsp3) is 0.667. The molecule has 1 atom stereocenters. The first-order valence-corrected chi connectivity index (χ1v) is 8.51. The molecule has 2 aromatic heterocycles. The van der Waals surface area contributed by atoms with E-state index in [1.165, 1.54) is 12.7 Å². The lowest BCUT2D eigenvalue weighted by Gasteiger charge is -2.25. The summed E-state index contributed by atoms with van der Waals surface area (Å²) in [6.45, 7) is 1.71. The van der Waals surface area contributed by atoms with Crippen LogP contribution in [0.3, 0.4) is 0 Å². The number of imidazole rings is 1. The normalized spacial score (nSPS) is 20.9. The molecule has 0 amide bonds. The summed E-state index contributed by atoms with van der Waals surface area (Å²) in [6, 6.07) is 0.0263. The van der Waals surface area contributed by atoms with Crippen LogP contribution in [-0.2, 0) is 20.0 Å². The van der Waals surface area contributed by atoms with E-state index >= 15 is 0 Å². The van der Waals surface area contributed by atoms with Crippen LogP contribution in [0, 0.1) is 10.1 Å². The van der Waals surface area contributed by atoms with Crippen molar-refractivity contribution in [2.24, 2.45) is 7.05 Å². The van der Waals surface area contributed by atoms with Crippen molar-refractivity contribution in [1.82, 2.24) is 24.3 Å². The van der Waals surface area contributed by atoms with E-state index in [0.717, 1.165) is 56.8 Å². The van der Waals surface area contributed by atoms with Gasteiger partial charge in [-0.2, -0.15) is 0 Å². The summed E-state index contributed by atoms with van der Waals surface area (Å²) in [7, 11) is 1.80. The van der Waals surface area contributed by atoms with E-state index in [4.69, 9.17) is 0 Å². The van der Waals surface area contributed by atoms with Gasteiger partial charge in [0.15, 0.2) is 5.82 Å². The van der Waals surface area contributed by atoms with Crippen molar-refractivity contribution in [3.8, 4) is 0 Å². The molecule has 0 bridgehead atoms. The molecule has 0 saturated carbocycles. The molecule has 0 radical (unpaired) electrons. The van der Waals surface area contributed by atoms with Gasteiger partial charge in [-0.1, -0.05) is 6.42 Å². The molecule has 0 aromatic carbocycles. The Morgan fingerprint density at radius 3 is 2.92 bits per heavy atom. The van der Waals surface area contributed by atoms with Crippen LogP contribution in [0.2, 0.25) is 0 Å². The van der Waals surface area contributed by atoms with Crippen LogP contribution >= 0.6 is 0 Å². The first-order valence-electron chi connectivity index (χ1n) is 8.51. The Morgan fingerprint density at radius 2 is 2.08 bits per heavy atom. The second kappa shape index (κ2) is 5.88. The van der Waals surface area contributed by atoms with Gasteiger partial charge in [-0.05, 0) is 35.6 Å². The largest absolute Gasteiger partial charge is 0.406 e. The zero-order chi connectivity index (χ0) is 16.7. The van der Waals surface area contributed by atoms with E-state index in [-0.39, 0.29) is 11.9 Å². The third-order valence-electron chi connectivity index (χ3n) is 5.02. The molecule has 1 saturated heterocycles. The number of hydrogen-bond donors (Lipinski definition) is 0. The summed E-state index contributed by atoms with van der Waals surface area (Å²) in [5, 5.41) is 20.2. The molecule has 24 heavy (non-hydrogen) atoms. The summed E-state index contributed by atoms with van der Waals surface area (Å²) in [5.74, 6) is 2.47. The average molecular weight is 331 g/mol. The highest BCUT2D eigenvalue weighted by Gasteiger charge is 2.37. The average Bonchev–Trinajstić information content (AvgIpc) is 3.22. The number of fused-ring (bicyclic) bond motifs is 1. The third kappa shape index (κ3) is 2.35. The lowest BCUT2D eigenvalue weighted by molar-refractivity contribution is -0.388. The standard InChI is InChI=1S/C15H21N7O2/c1-19-10-16-14(22(23)24)15(19)20-9-5-6-11(20)13-18-17-12-7-3-2-4-8-21(12)13/h10-11H,2-9H2,1H3/t11-/m0/s1. The van der Waals surface area contributed by atoms with Gasteiger partial charge in [-0.25, -0.2) is 0 Å². The molecule has 9 heteroatoms. The van der Waals surface area contributed by atoms with E-state index in [9.17, 15) is 10.1 Å². The first kappa shape index (κ1) is 15.1. The molecular formula is C15H21N7O2. The molecule has 0 aliphatic carbocycles. The lowest BCUT2D eigenvalue weighted by atomic mass is 10.2. The lowest BCUT2D eigenvalue weighted by Crippen LogP contribution is -2.27. The Balaban J connectivity index is 1.73. The molecule has 2 aliphatic heterocycles. The SMILES string of the molecule is Cn1cnc([N+](=O)[O-])c1N1CCC[C@H]1c1nnc2n1CCCCC2. The van der Waals surface area contributed by atoms with Crippen LogP contribution in [0.4, 0.5) is 11.6 Å². The zero-order valence-corrected chi connectivity index (χ0v) is 13.8. The number of nitrogens with zero attached hydrogens (tertiary/aromatic N) is 7. The molecule has 0 unspecified atom stereocenters. The molecule has 0 N–H and O–H groups in total. The van der Waals surface area contributed by atoms with Crippen molar-refractivity contribution < 1.29 is 4.92 Å². The summed E-state index contributed by atoms with van der Waals surface area (Å²) in [4.78, 5) is 17.0. The Kier molecular flexibility index (Phi) is 3.70. The number of anilines is 1. The van der Waals surface area contributed by atoms with Gasteiger partial charge in [-0.3, -0.25) is 4.57 Å². The van der Waals surface area contributed by atoms with Crippen LogP contribution in [0.1, 0.15) is 49.8 Å². The monoisotopic (exact) mass is 331 g/mol. The number of aryl methyl sites for hydroxylation is 2. The molecule has 9 nitrogen and oxygen atoms in total. The Labute approximate surface area is 139 Å². The first-order chi connectivity index (χ1) is 11.7. The zero-order valence-electron chi connectivity index (χ0n) is 13.8. The number of rotatable bonds is 3. The Hall–Kier alpha value is -2.45. The fourth-order valence-corrected chi connectivity index (χ4v) is 3.91. The second-order valence-electron chi connectivity index (χ2n) is 6.55. The topological polar surface area (TPSA) is 94.9 Å². The summed E-state index contributed by atoms with van der Waals surface area (Å²) in [5.41, 5.74) is 0. The highest BCUT2D eigenvalue weighted by atomic mass is 16.6. The number of nitro groups is 1. The fourth-order valence-electron chi connectivity index (χ4n) is 3.91. The van der Waals surface area contributed by atoms with Gasteiger partial charge in [-0.15, -0.1) is 10.2 Å². The van der Waals surface area contributed by atoms with E-state index < -0.39 is 4.92 Å². The summed E-state index contributed by atoms with van der Waals surface area (Å²) in [6.07, 6.45) is 7.88. The minimum absolute atomic E-state index is 0.0263. The van der Waals surface area contributed by atoms with Crippen molar-refractivity contribution in [3.63, 3.8) is 0 Å². The minimum atomic E-state index is -0.408. The third-order valence-corrected chi connectivity index (χ3v) is 5.02. The van der Waals surface area contributed by atoms with Gasteiger partial charge in [0, 0.05) is 26.6 Å². The highest BCUT2D eigenvalue weighted by Crippen LogP contribution is 2.39. The maximum absolute atomic E-state index is 11.3. The predicted molar refractivity (Wildman–Crippen MR) is 86.8 cm³/mol. The van der Waals surface area contributed by atoms with Crippen molar-refractivity contribution >= 4 is 11.6 Å². The van der Waals surface area contributed by atoms with Gasteiger partial charge < -0.3 is 19.6 Å². The quantitative estimate of drug-likeness (QED) is 0.630. The predicted octanol–water partition coefficient (Wildman–Crippen LogP) is 1.99. The van der Waals surface area contributed by atoms with Crippen LogP contribution in [0.15, 0.2) is 6.33 Å². The van der Waals surface area contributed by atoms with Gasteiger partial charge in [0.1, 0.15) is 5.82 Å². The minimum Gasteiger partial charge on any atom is -0.358 e. The molecular weight excluding hydrogens is 310 g/mol. The Bertz CT molecular complexity index is 766. The van der Waals surface area contributed by atoms with Crippen molar-refractivity contribution in [1.29, 1.82) is 0 Å².